The van der Waals surface area contributed by atoms with Gasteiger partial charge >= 0.3 is 0 Å². The fraction of sp³-hybridized carbons (Fsp3) is 0.222. The lowest BCUT2D eigenvalue weighted by molar-refractivity contribution is 0.437. The van der Waals surface area contributed by atoms with Crippen molar-refractivity contribution < 1.29 is 4.39 Å². The Morgan fingerprint density at radius 2 is 2.23 bits per heavy atom. The molecule has 1 unspecified atom stereocenters. The number of halogens is 2. The standard InChI is InChI=1S/C9H9FN2.ClH/c10-5-9(12)8-3-1-2-7(4-8)6-11;/h1-4,9H,5,12H2;1H. The molecule has 1 rings (SSSR count). The van der Waals surface area contributed by atoms with Crippen LogP contribution in [0.1, 0.15) is 17.2 Å². The van der Waals surface area contributed by atoms with E-state index in [1.807, 2.05) is 6.07 Å². The molecule has 0 aliphatic rings. The van der Waals surface area contributed by atoms with Crippen molar-refractivity contribution in [2.24, 2.45) is 5.73 Å². The minimum Gasteiger partial charge on any atom is -0.322 e. The molecule has 0 saturated carbocycles. The number of nitrogens with two attached hydrogens (primary N) is 1. The van der Waals surface area contributed by atoms with Gasteiger partial charge < -0.3 is 5.73 Å². The molecule has 1 aromatic rings. The minimum atomic E-state index is -0.613. The van der Waals surface area contributed by atoms with Crippen molar-refractivity contribution >= 4 is 12.4 Å². The average Bonchev–Trinajstić information content (AvgIpc) is 2.17. The molecule has 13 heavy (non-hydrogen) atoms. The molecule has 1 aromatic carbocycles. The van der Waals surface area contributed by atoms with Crippen molar-refractivity contribution in [2.75, 3.05) is 6.67 Å². The van der Waals surface area contributed by atoms with Gasteiger partial charge in [-0.25, -0.2) is 4.39 Å². The van der Waals surface area contributed by atoms with Crippen LogP contribution in [0, 0.1) is 11.3 Å². The van der Waals surface area contributed by atoms with Crippen molar-refractivity contribution in [3.05, 3.63) is 35.4 Å². The number of alkyl halides is 1. The van der Waals surface area contributed by atoms with Gasteiger partial charge in [-0.05, 0) is 17.7 Å². The Bertz CT molecular complexity index is 309. The molecule has 2 nitrogen and oxygen atoms in total. The van der Waals surface area contributed by atoms with E-state index in [9.17, 15) is 4.39 Å². The smallest absolute Gasteiger partial charge is 0.109 e. The van der Waals surface area contributed by atoms with Gasteiger partial charge in [0.05, 0.1) is 17.7 Å². The van der Waals surface area contributed by atoms with E-state index in [0.29, 0.717) is 11.1 Å². The lowest BCUT2D eigenvalue weighted by atomic mass is 10.1. The lowest BCUT2D eigenvalue weighted by Gasteiger charge is -2.06. The third-order valence-corrected chi connectivity index (χ3v) is 1.61. The van der Waals surface area contributed by atoms with Gasteiger partial charge in [-0.15, -0.1) is 12.4 Å². The van der Waals surface area contributed by atoms with Crippen LogP contribution in [-0.2, 0) is 0 Å². The fourth-order valence-electron chi connectivity index (χ4n) is 0.928. The number of rotatable bonds is 2. The van der Waals surface area contributed by atoms with Gasteiger partial charge in [0, 0.05) is 0 Å². The normalized spacial score (nSPS) is 11.2. The first-order valence-electron chi connectivity index (χ1n) is 3.59. The molecule has 0 aliphatic carbocycles. The van der Waals surface area contributed by atoms with Crippen molar-refractivity contribution in [1.82, 2.24) is 0 Å². The highest BCUT2D eigenvalue weighted by Gasteiger charge is 2.04. The van der Waals surface area contributed by atoms with E-state index in [-0.39, 0.29) is 12.4 Å². The Morgan fingerprint density at radius 3 is 2.77 bits per heavy atom. The van der Waals surface area contributed by atoms with Crippen LogP contribution < -0.4 is 5.73 Å². The van der Waals surface area contributed by atoms with E-state index in [1.54, 1.807) is 24.3 Å². The van der Waals surface area contributed by atoms with Crippen LogP contribution in [0.2, 0.25) is 0 Å². The quantitative estimate of drug-likeness (QED) is 0.794. The summed E-state index contributed by atoms with van der Waals surface area (Å²) in [6.45, 7) is -0.602. The Hall–Kier alpha value is -1.11. The first-order valence-corrected chi connectivity index (χ1v) is 3.59. The second-order valence-electron chi connectivity index (χ2n) is 2.50. The zero-order chi connectivity index (χ0) is 8.97. The van der Waals surface area contributed by atoms with Gasteiger partial charge in [0.1, 0.15) is 6.67 Å². The van der Waals surface area contributed by atoms with Gasteiger partial charge in [0.15, 0.2) is 0 Å². The number of nitrogens with zero attached hydrogens (tertiary/aromatic N) is 1. The van der Waals surface area contributed by atoms with Gasteiger partial charge in [0.2, 0.25) is 0 Å². The van der Waals surface area contributed by atoms with Crippen LogP contribution in [-0.4, -0.2) is 6.67 Å². The van der Waals surface area contributed by atoms with E-state index < -0.39 is 12.7 Å². The summed E-state index contributed by atoms with van der Waals surface area (Å²) >= 11 is 0. The average molecular weight is 201 g/mol. The van der Waals surface area contributed by atoms with E-state index >= 15 is 0 Å². The maximum absolute atomic E-state index is 12.1. The highest BCUT2D eigenvalue weighted by Crippen LogP contribution is 2.11. The highest BCUT2D eigenvalue weighted by atomic mass is 35.5. The van der Waals surface area contributed by atoms with Crippen molar-refractivity contribution in [3.63, 3.8) is 0 Å². The molecule has 0 aromatic heterocycles. The van der Waals surface area contributed by atoms with Gasteiger partial charge in [-0.1, -0.05) is 12.1 Å². The molecule has 4 heteroatoms. The highest BCUT2D eigenvalue weighted by molar-refractivity contribution is 5.85. The van der Waals surface area contributed by atoms with Gasteiger partial charge in [-0.3, -0.25) is 0 Å². The van der Waals surface area contributed by atoms with Crippen molar-refractivity contribution in [3.8, 4) is 6.07 Å². The second kappa shape index (κ2) is 5.52. The Morgan fingerprint density at radius 1 is 1.54 bits per heavy atom. The van der Waals surface area contributed by atoms with Crippen LogP contribution in [0.25, 0.3) is 0 Å². The van der Waals surface area contributed by atoms with Gasteiger partial charge in [0.25, 0.3) is 0 Å². The van der Waals surface area contributed by atoms with Gasteiger partial charge in [-0.2, -0.15) is 5.26 Å². The second-order valence-corrected chi connectivity index (χ2v) is 2.50. The third kappa shape index (κ3) is 3.02. The maximum atomic E-state index is 12.1. The lowest BCUT2D eigenvalue weighted by Crippen LogP contribution is -2.11. The molecular weight excluding hydrogens is 191 g/mol. The molecule has 0 fully saturated rings. The monoisotopic (exact) mass is 200 g/mol. The van der Waals surface area contributed by atoms with Crippen LogP contribution in [0.3, 0.4) is 0 Å². The molecule has 2 N–H and O–H groups in total. The fourth-order valence-corrected chi connectivity index (χ4v) is 0.928. The molecule has 0 radical (unpaired) electrons. The summed E-state index contributed by atoms with van der Waals surface area (Å²) in [7, 11) is 0. The Labute approximate surface area is 82.6 Å². The molecule has 0 saturated heterocycles. The Kier molecular flexibility index (Phi) is 5.05. The predicted molar refractivity (Wildman–Crippen MR) is 51.3 cm³/mol. The summed E-state index contributed by atoms with van der Waals surface area (Å²) in [5.41, 5.74) is 6.61. The van der Waals surface area contributed by atoms with E-state index in [4.69, 9.17) is 11.0 Å². The summed E-state index contributed by atoms with van der Waals surface area (Å²) < 4.78 is 12.1. The van der Waals surface area contributed by atoms with Crippen LogP contribution >= 0.6 is 12.4 Å². The molecule has 0 aliphatic heterocycles. The summed E-state index contributed by atoms with van der Waals surface area (Å²) in [4.78, 5) is 0. The van der Waals surface area contributed by atoms with E-state index in [0.717, 1.165) is 0 Å². The summed E-state index contributed by atoms with van der Waals surface area (Å²) in [6.07, 6.45) is 0. The van der Waals surface area contributed by atoms with Crippen LogP contribution in [0.15, 0.2) is 24.3 Å². The number of nitriles is 1. The summed E-state index contributed by atoms with van der Waals surface area (Å²) in [5, 5.41) is 8.53. The molecule has 0 spiro atoms. The predicted octanol–water partition coefficient (Wildman–Crippen LogP) is 1.95. The molecule has 1 atom stereocenters. The van der Waals surface area contributed by atoms with E-state index in [2.05, 4.69) is 0 Å². The first-order chi connectivity index (χ1) is 5.77. The maximum Gasteiger partial charge on any atom is 0.109 e. The zero-order valence-corrected chi connectivity index (χ0v) is 7.72. The zero-order valence-electron chi connectivity index (χ0n) is 6.90. The molecule has 0 bridgehead atoms. The number of hydrogen-bond acceptors (Lipinski definition) is 2. The van der Waals surface area contributed by atoms with E-state index in [1.165, 1.54) is 0 Å². The Balaban J connectivity index is 0.00000144. The summed E-state index contributed by atoms with van der Waals surface area (Å²) in [6, 6.07) is 8.03. The molecule has 70 valence electrons. The first kappa shape index (κ1) is 11.9. The topological polar surface area (TPSA) is 49.8 Å². The molecular formula is C9H10ClFN2. The number of hydrogen-bond donors (Lipinski definition) is 1. The van der Waals surface area contributed by atoms with Crippen LogP contribution in [0.5, 0.6) is 0 Å². The van der Waals surface area contributed by atoms with Crippen molar-refractivity contribution in [2.45, 2.75) is 6.04 Å². The van der Waals surface area contributed by atoms with Crippen LogP contribution in [0.4, 0.5) is 4.39 Å². The third-order valence-electron chi connectivity index (χ3n) is 1.61. The SMILES string of the molecule is Cl.N#Cc1cccc(C(N)CF)c1. The largest absolute Gasteiger partial charge is 0.322 e. The molecule has 0 amide bonds. The minimum absolute atomic E-state index is 0. The number of benzene rings is 1. The van der Waals surface area contributed by atoms with Crippen molar-refractivity contribution in [1.29, 1.82) is 5.26 Å². The molecule has 0 heterocycles. The summed E-state index contributed by atoms with van der Waals surface area (Å²) in [5.74, 6) is 0.